The van der Waals surface area contributed by atoms with Crippen LogP contribution in [0.3, 0.4) is 0 Å². The number of nitrogens with one attached hydrogen (secondary N) is 1. The molecule has 0 aliphatic carbocycles. The van der Waals surface area contributed by atoms with Crippen molar-refractivity contribution in [1.82, 2.24) is 15.2 Å². The van der Waals surface area contributed by atoms with E-state index in [4.69, 9.17) is 0 Å². The third kappa shape index (κ3) is 3.91. The summed E-state index contributed by atoms with van der Waals surface area (Å²) in [5.41, 5.74) is 1.06. The normalized spacial score (nSPS) is 18.8. The highest BCUT2D eigenvalue weighted by Crippen LogP contribution is 2.16. The molecular weight excluding hydrogens is 262 g/mol. The molecule has 2 heterocycles. The van der Waals surface area contributed by atoms with E-state index in [1.54, 1.807) is 16.2 Å². The quantitative estimate of drug-likeness (QED) is 0.806. The molecule has 1 fully saturated rings. The summed E-state index contributed by atoms with van der Waals surface area (Å²) in [6, 6.07) is -0.0477. The summed E-state index contributed by atoms with van der Waals surface area (Å²) >= 11 is 1.67. The molecule has 1 saturated heterocycles. The van der Waals surface area contributed by atoms with Gasteiger partial charge in [0.25, 0.3) is 0 Å². The third-order valence-electron chi connectivity index (χ3n) is 3.36. The van der Waals surface area contributed by atoms with Gasteiger partial charge in [0, 0.05) is 30.6 Å². The zero-order valence-corrected chi connectivity index (χ0v) is 12.1. The van der Waals surface area contributed by atoms with Crippen molar-refractivity contribution in [2.75, 3.05) is 19.7 Å². The van der Waals surface area contributed by atoms with E-state index in [-0.39, 0.29) is 18.7 Å². The van der Waals surface area contributed by atoms with Crippen molar-refractivity contribution in [3.05, 3.63) is 16.1 Å². The number of rotatable bonds is 5. The predicted octanol–water partition coefficient (Wildman–Crippen LogP) is 1.55. The van der Waals surface area contributed by atoms with Crippen LogP contribution in [0.4, 0.5) is 4.79 Å². The summed E-state index contributed by atoms with van der Waals surface area (Å²) in [7, 11) is 0. The fraction of sp³-hybridized carbons (Fsp3) is 0.692. The summed E-state index contributed by atoms with van der Waals surface area (Å²) in [6.45, 7) is 3.46. The highest BCUT2D eigenvalue weighted by Gasteiger charge is 2.27. The van der Waals surface area contributed by atoms with Crippen molar-refractivity contribution in [2.24, 2.45) is 0 Å². The van der Waals surface area contributed by atoms with Gasteiger partial charge in [-0.3, -0.25) is 0 Å². The fourth-order valence-electron chi connectivity index (χ4n) is 2.35. The highest BCUT2D eigenvalue weighted by atomic mass is 32.1. The van der Waals surface area contributed by atoms with E-state index in [0.29, 0.717) is 6.54 Å². The van der Waals surface area contributed by atoms with Gasteiger partial charge in [-0.15, -0.1) is 11.3 Å². The third-order valence-corrected chi connectivity index (χ3v) is 4.39. The van der Waals surface area contributed by atoms with Crippen LogP contribution in [0, 0.1) is 6.92 Å². The van der Waals surface area contributed by atoms with Gasteiger partial charge in [-0.1, -0.05) is 0 Å². The number of aliphatic hydroxyl groups excluding tert-OH is 1. The van der Waals surface area contributed by atoms with Crippen molar-refractivity contribution in [2.45, 2.75) is 38.6 Å². The molecule has 1 atom stereocenters. The topological polar surface area (TPSA) is 65.5 Å². The minimum Gasteiger partial charge on any atom is -0.394 e. The first-order valence-electron chi connectivity index (χ1n) is 6.77. The Morgan fingerprint density at radius 2 is 2.53 bits per heavy atom. The Bertz CT molecular complexity index is 422. The second-order valence-electron chi connectivity index (χ2n) is 4.89. The number of aryl methyl sites for hydroxylation is 2. The molecule has 6 heteroatoms. The number of likely N-dealkylation sites (tertiary alicyclic amines) is 1. The highest BCUT2D eigenvalue weighted by molar-refractivity contribution is 7.09. The molecule has 2 amide bonds. The fourth-order valence-corrected chi connectivity index (χ4v) is 3.17. The number of aromatic nitrogens is 1. The second-order valence-corrected chi connectivity index (χ2v) is 5.83. The molecule has 2 rings (SSSR count). The Balaban J connectivity index is 1.66. The average Bonchev–Trinajstić information content (AvgIpc) is 3.02. The molecule has 0 aromatic carbocycles. The van der Waals surface area contributed by atoms with Crippen LogP contribution < -0.4 is 5.32 Å². The van der Waals surface area contributed by atoms with Gasteiger partial charge in [-0.2, -0.15) is 0 Å². The van der Waals surface area contributed by atoms with E-state index in [1.807, 2.05) is 12.3 Å². The Labute approximate surface area is 117 Å². The first-order valence-corrected chi connectivity index (χ1v) is 7.65. The number of hydrogen-bond acceptors (Lipinski definition) is 4. The summed E-state index contributed by atoms with van der Waals surface area (Å²) in [5, 5.41) is 15.3. The monoisotopic (exact) mass is 283 g/mol. The molecule has 1 aromatic heterocycles. The van der Waals surface area contributed by atoms with E-state index >= 15 is 0 Å². The molecule has 1 unspecified atom stereocenters. The van der Waals surface area contributed by atoms with Gasteiger partial charge in [-0.05, 0) is 26.2 Å². The molecule has 1 aliphatic rings. The molecule has 1 aliphatic heterocycles. The zero-order valence-electron chi connectivity index (χ0n) is 11.3. The molecule has 19 heavy (non-hydrogen) atoms. The number of urea groups is 1. The lowest BCUT2D eigenvalue weighted by Gasteiger charge is -2.23. The Morgan fingerprint density at radius 1 is 1.68 bits per heavy atom. The van der Waals surface area contributed by atoms with Crippen molar-refractivity contribution in [3.63, 3.8) is 0 Å². The maximum Gasteiger partial charge on any atom is 0.317 e. The average molecular weight is 283 g/mol. The summed E-state index contributed by atoms with van der Waals surface area (Å²) in [4.78, 5) is 18.1. The second kappa shape index (κ2) is 6.86. The van der Waals surface area contributed by atoms with E-state index in [1.165, 1.54) is 0 Å². The van der Waals surface area contributed by atoms with Crippen LogP contribution in [0.15, 0.2) is 5.38 Å². The Morgan fingerprint density at radius 3 is 3.21 bits per heavy atom. The van der Waals surface area contributed by atoms with Crippen LogP contribution in [-0.2, 0) is 6.42 Å². The van der Waals surface area contributed by atoms with Gasteiger partial charge in [0.2, 0.25) is 0 Å². The SMILES string of the molecule is Cc1csc(CCCNC(=O)N2CCCC2CO)n1. The minimum absolute atomic E-state index is 0.00149. The smallest absolute Gasteiger partial charge is 0.317 e. The molecule has 2 N–H and O–H groups in total. The molecule has 0 bridgehead atoms. The van der Waals surface area contributed by atoms with Crippen LogP contribution in [0.1, 0.15) is 30.0 Å². The van der Waals surface area contributed by atoms with Crippen LogP contribution in [0.25, 0.3) is 0 Å². The number of carbonyl (C=O) groups excluding carboxylic acids is 1. The summed E-state index contributed by atoms with van der Waals surface area (Å²) in [6.07, 6.45) is 3.69. The lowest BCUT2D eigenvalue weighted by molar-refractivity contribution is 0.157. The molecule has 0 spiro atoms. The first-order chi connectivity index (χ1) is 9.20. The van der Waals surface area contributed by atoms with Crippen LogP contribution in [-0.4, -0.2) is 46.8 Å². The van der Waals surface area contributed by atoms with Crippen molar-refractivity contribution < 1.29 is 9.90 Å². The van der Waals surface area contributed by atoms with Crippen LogP contribution >= 0.6 is 11.3 Å². The van der Waals surface area contributed by atoms with Crippen molar-refractivity contribution in [1.29, 1.82) is 0 Å². The number of hydrogen-bond donors (Lipinski definition) is 2. The van der Waals surface area contributed by atoms with Gasteiger partial charge in [0.05, 0.1) is 17.7 Å². The van der Waals surface area contributed by atoms with Crippen molar-refractivity contribution >= 4 is 17.4 Å². The zero-order chi connectivity index (χ0) is 13.7. The standard InChI is InChI=1S/C13H21N3O2S/c1-10-9-19-12(15-10)5-2-6-14-13(18)16-7-3-4-11(16)8-17/h9,11,17H,2-8H2,1H3,(H,14,18). The van der Waals surface area contributed by atoms with Crippen LogP contribution in [0.2, 0.25) is 0 Å². The molecule has 0 radical (unpaired) electrons. The number of aliphatic hydroxyl groups is 1. The van der Waals surface area contributed by atoms with Crippen LogP contribution in [0.5, 0.6) is 0 Å². The minimum atomic E-state index is -0.0492. The number of carbonyl (C=O) groups is 1. The number of nitrogens with zero attached hydrogens (tertiary/aromatic N) is 2. The van der Waals surface area contributed by atoms with E-state index in [0.717, 1.165) is 42.9 Å². The number of thiazole rings is 1. The maximum atomic E-state index is 11.9. The molecular formula is C13H21N3O2S. The molecule has 106 valence electrons. The van der Waals surface area contributed by atoms with Gasteiger partial charge in [0.15, 0.2) is 0 Å². The molecule has 1 aromatic rings. The summed E-state index contributed by atoms with van der Waals surface area (Å²) < 4.78 is 0. The van der Waals surface area contributed by atoms with Gasteiger partial charge < -0.3 is 15.3 Å². The van der Waals surface area contributed by atoms with Gasteiger partial charge in [-0.25, -0.2) is 9.78 Å². The number of amides is 2. The lowest BCUT2D eigenvalue weighted by atomic mass is 10.2. The maximum absolute atomic E-state index is 11.9. The lowest BCUT2D eigenvalue weighted by Crippen LogP contribution is -2.44. The van der Waals surface area contributed by atoms with Gasteiger partial charge >= 0.3 is 6.03 Å². The first kappa shape index (κ1) is 14.3. The predicted molar refractivity (Wildman–Crippen MR) is 75.4 cm³/mol. The Hall–Kier alpha value is -1.14. The molecule has 0 saturated carbocycles. The van der Waals surface area contributed by atoms with E-state index in [2.05, 4.69) is 10.3 Å². The Kier molecular flexibility index (Phi) is 5.15. The van der Waals surface area contributed by atoms with E-state index < -0.39 is 0 Å². The van der Waals surface area contributed by atoms with Gasteiger partial charge in [0.1, 0.15) is 0 Å². The molecule has 5 nitrogen and oxygen atoms in total. The van der Waals surface area contributed by atoms with Crippen molar-refractivity contribution in [3.8, 4) is 0 Å². The van der Waals surface area contributed by atoms with E-state index in [9.17, 15) is 9.90 Å². The summed E-state index contributed by atoms with van der Waals surface area (Å²) in [5.74, 6) is 0. The largest absolute Gasteiger partial charge is 0.394 e.